The molecule has 2 N–H and O–H groups in total. The molecule has 1 aromatic heterocycles. The van der Waals surface area contributed by atoms with E-state index in [2.05, 4.69) is 21.5 Å². The van der Waals surface area contributed by atoms with E-state index < -0.39 is 24.3 Å². The van der Waals surface area contributed by atoms with Gasteiger partial charge in [0.2, 0.25) is 0 Å². The minimum atomic E-state index is -5.08. The number of fused-ring (bicyclic) bond motifs is 1. The van der Waals surface area contributed by atoms with E-state index in [1.54, 1.807) is 7.11 Å². The normalized spacial score (nSPS) is 23.0. The number of nitrogens with zero attached hydrogens (tertiary/aromatic N) is 3. The number of aromatic nitrogens is 2. The number of carbonyl (C=O) groups is 2. The minimum absolute atomic E-state index is 0.291. The van der Waals surface area contributed by atoms with E-state index in [9.17, 15) is 26.3 Å². The van der Waals surface area contributed by atoms with Gasteiger partial charge in [-0.1, -0.05) is 0 Å². The van der Waals surface area contributed by atoms with E-state index in [0.717, 1.165) is 38.4 Å². The van der Waals surface area contributed by atoms with Crippen molar-refractivity contribution in [2.75, 3.05) is 20.3 Å². The quantitative estimate of drug-likeness (QED) is 0.615. The Morgan fingerprint density at radius 1 is 1.12 bits per heavy atom. The van der Waals surface area contributed by atoms with Crippen molar-refractivity contribution < 1.29 is 55.6 Å². The van der Waals surface area contributed by atoms with Crippen LogP contribution < -0.4 is 0 Å². The molecular weight excluding hydrogens is 468 g/mol. The molecule has 0 aliphatic carbocycles. The summed E-state index contributed by atoms with van der Waals surface area (Å²) in [7, 11) is 3.80. The third-order valence-electron chi connectivity index (χ3n) is 4.85. The molecule has 190 valence electrons. The van der Waals surface area contributed by atoms with Crippen LogP contribution in [0.4, 0.5) is 26.3 Å². The highest BCUT2D eigenvalue weighted by molar-refractivity contribution is 5.73. The number of hydrogen-bond donors (Lipinski definition) is 2. The van der Waals surface area contributed by atoms with E-state index in [1.165, 1.54) is 6.42 Å². The topological polar surface area (TPSA) is 114 Å². The first kappa shape index (κ1) is 28.6. The number of halogens is 6. The third-order valence-corrected chi connectivity index (χ3v) is 4.85. The number of rotatable bonds is 4. The molecule has 0 saturated carbocycles. The fourth-order valence-electron chi connectivity index (χ4n) is 3.32. The number of carboxylic acid groups (broad SMARTS) is 2. The van der Waals surface area contributed by atoms with Gasteiger partial charge in [-0.05, 0) is 19.3 Å². The summed E-state index contributed by atoms with van der Waals surface area (Å²) in [6.45, 7) is 2.77. The number of hydrogen-bond acceptors (Lipinski definition) is 6. The molecule has 0 amide bonds. The third kappa shape index (κ3) is 9.55. The molecule has 3 heterocycles. The summed E-state index contributed by atoms with van der Waals surface area (Å²) < 4.78 is 76.9. The first-order chi connectivity index (χ1) is 15.2. The molecule has 0 bridgehead atoms. The maximum Gasteiger partial charge on any atom is 0.490 e. The molecule has 0 aromatic carbocycles. The van der Waals surface area contributed by atoms with Crippen molar-refractivity contribution in [2.24, 2.45) is 7.05 Å². The van der Waals surface area contributed by atoms with Crippen LogP contribution in [0.3, 0.4) is 0 Å². The van der Waals surface area contributed by atoms with Crippen LogP contribution in [0.2, 0.25) is 0 Å². The summed E-state index contributed by atoms with van der Waals surface area (Å²) in [6.07, 6.45) is -2.16. The average molecular weight is 493 g/mol. The molecule has 2 aliphatic rings. The summed E-state index contributed by atoms with van der Waals surface area (Å²) in [6, 6.07) is 0.560. The number of ether oxygens (including phenoxy) is 2. The molecule has 9 nitrogen and oxygen atoms in total. The summed E-state index contributed by atoms with van der Waals surface area (Å²) in [5.74, 6) is -4.38. The highest BCUT2D eigenvalue weighted by Crippen LogP contribution is 2.32. The maximum atomic E-state index is 10.6. The molecule has 15 heteroatoms. The summed E-state index contributed by atoms with van der Waals surface area (Å²) in [5, 5.41) is 14.2. The number of methoxy groups -OCH3 is 1. The summed E-state index contributed by atoms with van der Waals surface area (Å²) in [5.41, 5.74) is 0. The minimum Gasteiger partial charge on any atom is -0.475 e. The van der Waals surface area contributed by atoms with Gasteiger partial charge in [0.05, 0.1) is 25.4 Å². The summed E-state index contributed by atoms with van der Waals surface area (Å²) in [4.78, 5) is 24.7. The molecule has 2 fully saturated rings. The zero-order chi connectivity index (χ0) is 25.4. The number of aryl methyl sites for hydroxylation is 1. The Kier molecular flexibility index (Phi) is 10.6. The Hall–Kier alpha value is -2.39. The maximum absolute atomic E-state index is 10.6. The Bertz CT molecular complexity index is 746. The molecule has 2 aliphatic heterocycles. The van der Waals surface area contributed by atoms with Gasteiger partial charge in [-0.15, -0.1) is 0 Å². The van der Waals surface area contributed by atoms with Crippen LogP contribution >= 0.6 is 0 Å². The predicted octanol–water partition coefficient (Wildman–Crippen LogP) is 2.45. The monoisotopic (exact) mass is 493 g/mol. The zero-order valence-corrected chi connectivity index (χ0v) is 17.8. The van der Waals surface area contributed by atoms with Crippen molar-refractivity contribution in [3.05, 3.63) is 18.2 Å². The SMILES string of the molecule is COC[C@@H]1CC[C@H]2[C@H](CCN2Cc2nccn2C)O1.O=C(O)C(F)(F)F.O=C(O)C(F)(F)F. The average Bonchev–Trinajstić information content (AvgIpc) is 3.28. The van der Waals surface area contributed by atoms with Crippen molar-refractivity contribution in [3.63, 3.8) is 0 Å². The van der Waals surface area contributed by atoms with Gasteiger partial charge in [-0.25, -0.2) is 14.6 Å². The largest absolute Gasteiger partial charge is 0.490 e. The van der Waals surface area contributed by atoms with Crippen molar-refractivity contribution in [2.45, 2.75) is 56.4 Å². The fourth-order valence-corrected chi connectivity index (χ4v) is 3.32. The number of aliphatic carboxylic acids is 2. The molecule has 1 aromatic rings. The standard InChI is InChI=1S/C14H23N3O2.2C2HF3O2/c1-16-8-6-15-14(16)9-17-7-5-13-12(17)4-3-11(19-13)10-18-2;2*3-2(4,5)1(6)7/h6,8,11-13H,3-5,7,9-10H2,1-2H3;2*(H,6,7)/t11-,12-,13-;;/m0../s1. The lowest BCUT2D eigenvalue weighted by molar-refractivity contribution is -0.193. The van der Waals surface area contributed by atoms with Gasteiger partial charge in [0.1, 0.15) is 5.82 Å². The Labute approximate surface area is 184 Å². The molecule has 3 rings (SSSR count). The number of likely N-dealkylation sites (tertiary alicyclic amines) is 1. The molecule has 0 unspecified atom stereocenters. The lowest BCUT2D eigenvalue weighted by Gasteiger charge is -2.35. The van der Waals surface area contributed by atoms with Crippen LogP contribution in [0, 0.1) is 0 Å². The highest BCUT2D eigenvalue weighted by Gasteiger charge is 2.40. The van der Waals surface area contributed by atoms with Gasteiger partial charge in [0.15, 0.2) is 0 Å². The molecule has 3 atom stereocenters. The fraction of sp³-hybridized carbons (Fsp3) is 0.722. The highest BCUT2D eigenvalue weighted by atomic mass is 19.4. The van der Waals surface area contributed by atoms with E-state index in [4.69, 9.17) is 29.3 Å². The van der Waals surface area contributed by atoms with Crippen LogP contribution in [0.25, 0.3) is 0 Å². The van der Waals surface area contributed by atoms with Gasteiger partial charge in [-0.2, -0.15) is 26.3 Å². The first-order valence-electron chi connectivity index (χ1n) is 9.61. The number of alkyl halides is 6. The van der Waals surface area contributed by atoms with Gasteiger partial charge in [0.25, 0.3) is 0 Å². The molecule has 0 spiro atoms. The van der Waals surface area contributed by atoms with Crippen molar-refractivity contribution in [1.29, 1.82) is 0 Å². The van der Waals surface area contributed by atoms with Crippen LogP contribution in [-0.4, -0.2) is 87.5 Å². The number of carboxylic acids is 2. The zero-order valence-electron chi connectivity index (χ0n) is 17.8. The second-order valence-corrected chi connectivity index (χ2v) is 7.22. The van der Waals surface area contributed by atoms with E-state index in [-0.39, 0.29) is 0 Å². The first-order valence-corrected chi connectivity index (χ1v) is 9.61. The second-order valence-electron chi connectivity index (χ2n) is 7.22. The van der Waals surface area contributed by atoms with Crippen LogP contribution in [0.15, 0.2) is 12.4 Å². The Morgan fingerprint density at radius 3 is 2.09 bits per heavy atom. The van der Waals surface area contributed by atoms with E-state index in [1.807, 2.05) is 12.4 Å². The molecule has 0 radical (unpaired) electrons. The molecule has 33 heavy (non-hydrogen) atoms. The Balaban J connectivity index is 0.000000324. The van der Waals surface area contributed by atoms with Gasteiger partial charge < -0.3 is 24.3 Å². The number of imidazole rings is 1. The van der Waals surface area contributed by atoms with E-state index >= 15 is 0 Å². The summed E-state index contributed by atoms with van der Waals surface area (Å²) >= 11 is 0. The van der Waals surface area contributed by atoms with Crippen molar-refractivity contribution in [3.8, 4) is 0 Å². The second kappa shape index (κ2) is 12.2. The van der Waals surface area contributed by atoms with Crippen LogP contribution in [0.5, 0.6) is 0 Å². The molecular formula is C18H25F6N3O6. The van der Waals surface area contributed by atoms with Gasteiger partial charge in [-0.3, -0.25) is 4.90 Å². The van der Waals surface area contributed by atoms with Crippen molar-refractivity contribution in [1.82, 2.24) is 14.5 Å². The lowest BCUT2D eigenvalue weighted by atomic mass is 9.99. The van der Waals surface area contributed by atoms with Gasteiger partial charge >= 0.3 is 24.3 Å². The van der Waals surface area contributed by atoms with Gasteiger partial charge in [0, 0.05) is 39.1 Å². The predicted molar refractivity (Wildman–Crippen MR) is 99.2 cm³/mol. The molecule has 2 saturated heterocycles. The smallest absolute Gasteiger partial charge is 0.475 e. The lowest BCUT2D eigenvalue weighted by Crippen LogP contribution is -2.43. The van der Waals surface area contributed by atoms with Crippen molar-refractivity contribution >= 4 is 11.9 Å². The van der Waals surface area contributed by atoms with Crippen LogP contribution in [0.1, 0.15) is 25.1 Å². The van der Waals surface area contributed by atoms with E-state index in [0.29, 0.717) is 18.2 Å². The Morgan fingerprint density at radius 2 is 1.67 bits per heavy atom. The van der Waals surface area contributed by atoms with Crippen LogP contribution in [-0.2, 0) is 32.7 Å².